The molecule has 1 aliphatic rings. The lowest BCUT2D eigenvalue weighted by Crippen LogP contribution is -2.40. The van der Waals surface area contributed by atoms with E-state index in [1.54, 1.807) is 0 Å². The van der Waals surface area contributed by atoms with Crippen molar-refractivity contribution in [1.82, 2.24) is 15.1 Å². The molecule has 1 fully saturated rings. The molecule has 0 amide bonds. The molecule has 0 bridgehead atoms. The number of rotatable bonds is 2. The van der Waals surface area contributed by atoms with Crippen LogP contribution in [0.25, 0.3) is 10.9 Å². The molecule has 0 radical (unpaired) electrons. The molecular weight excluding hydrogens is 250 g/mol. The number of nitrogens with one attached hydrogen (secondary N) is 1. The largest absolute Gasteiger partial charge is 0.397 e. The van der Waals surface area contributed by atoms with Crippen molar-refractivity contribution in [1.29, 1.82) is 0 Å². The minimum atomic E-state index is 0.519. The summed E-state index contributed by atoms with van der Waals surface area (Å²) >= 11 is 0. The minimum absolute atomic E-state index is 0.519. The van der Waals surface area contributed by atoms with Gasteiger partial charge in [-0.2, -0.15) is 5.10 Å². The highest BCUT2D eigenvalue weighted by atomic mass is 15.2. The Hall–Kier alpha value is -1.75. The van der Waals surface area contributed by atoms with Gasteiger partial charge < -0.3 is 15.5 Å². The van der Waals surface area contributed by atoms with Gasteiger partial charge in [0.15, 0.2) is 0 Å². The van der Waals surface area contributed by atoms with Crippen LogP contribution in [0.1, 0.15) is 19.8 Å². The molecule has 3 N–H and O–H groups in total. The Morgan fingerprint density at radius 3 is 3.05 bits per heavy atom. The normalized spacial score (nSPS) is 21.3. The number of nitrogen functional groups attached to an aromatic ring is 1. The van der Waals surface area contributed by atoms with Crippen molar-refractivity contribution in [2.75, 3.05) is 37.3 Å². The molecule has 1 aliphatic heterocycles. The maximum Gasteiger partial charge on any atom is 0.0672 e. The minimum Gasteiger partial charge on any atom is -0.397 e. The summed E-state index contributed by atoms with van der Waals surface area (Å²) < 4.78 is 0. The number of aromatic amines is 1. The first-order chi connectivity index (χ1) is 9.69. The van der Waals surface area contributed by atoms with Gasteiger partial charge in [0.25, 0.3) is 0 Å². The molecule has 1 saturated heterocycles. The molecule has 2 heterocycles. The van der Waals surface area contributed by atoms with Crippen LogP contribution < -0.4 is 10.6 Å². The lowest BCUT2D eigenvalue weighted by molar-refractivity contribution is 0.328. The summed E-state index contributed by atoms with van der Waals surface area (Å²) in [5.41, 5.74) is 9.33. The van der Waals surface area contributed by atoms with Gasteiger partial charge >= 0.3 is 0 Å². The molecule has 2 aromatic rings. The number of nitrogens with zero attached hydrogens (tertiary/aromatic N) is 3. The number of benzene rings is 1. The Bertz CT molecular complexity index is 591. The number of hydrogen-bond donors (Lipinski definition) is 2. The number of H-pyrrole nitrogens is 1. The molecule has 5 nitrogen and oxygen atoms in total. The van der Waals surface area contributed by atoms with Crippen LogP contribution in [-0.2, 0) is 0 Å². The lowest BCUT2D eigenvalue weighted by Gasteiger charge is -2.33. The molecule has 0 saturated carbocycles. The zero-order chi connectivity index (χ0) is 14.1. The fraction of sp³-hybridized carbons (Fsp3) is 0.533. The van der Waals surface area contributed by atoms with Gasteiger partial charge in [0, 0.05) is 24.5 Å². The maximum absolute atomic E-state index is 6.28. The first-order valence-corrected chi connectivity index (χ1v) is 7.37. The first kappa shape index (κ1) is 13.2. The molecule has 3 rings (SSSR count). The van der Waals surface area contributed by atoms with Crippen LogP contribution in [0.2, 0.25) is 0 Å². The first-order valence-electron chi connectivity index (χ1n) is 7.37. The fourth-order valence-electron chi connectivity index (χ4n) is 3.16. The molecule has 0 spiro atoms. The van der Waals surface area contributed by atoms with Gasteiger partial charge in [-0.15, -0.1) is 0 Å². The van der Waals surface area contributed by atoms with E-state index in [1.165, 1.54) is 6.42 Å². The smallest absolute Gasteiger partial charge is 0.0672 e. The van der Waals surface area contributed by atoms with Gasteiger partial charge in [0.2, 0.25) is 0 Å². The highest BCUT2D eigenvalue weighted by Gasteiger charge is 2.24. The highest BCUT2D eigenvalue weighted by Crippen LogP contribution is 2.31. The molecule has 1 aromatic carbocycles. The van der Waals surface area contributed by atoms with E-state index in [9.17, 15) is 0 Å². The molecule has 20 heavy (non-hydrogen) atoms. The van der Waals surface area contributed by atoms with Crippen LogP contribution in [0.4, 0.5) is 11.4 Å². The highest BCUT2D eigenvalue weighted by molar-refractivity contribution is 5.89. The maximum atomic E-state index is 6.28. The Morgan fingerprint density at radius 1 is 1.40 bits per heavy atom. The van der Waals surface area contributed by atoms with Crippen molar-refractivity contribution < 1.29 is 0 Å². The second kappa shape index (κ2) is 5.32. The number of hydrogen-bond acceptors (Lipinski definition) is 4. The van der Waals surface area contributed by atoms with Crippen LogP contribution in [0, 0.1) is 0 Å². The van der Waals surface area contributed by atoms with Crippen molar-refractivity contribution in [3.63, 3.8) is 0 Å². The van der Waals surface area contributed by atoms with E-state index < -0.39 is 0 Å². The standard InChI is InChI=1S/C15H23N5/c1-3-12-10-19(2)5-4-6-20(12)15-8-14-11(7-13(15)16)9-17-18-14/h7-9,12H,3-6,10,16H2,1-2H3,(H,17,18). The number of nitrogens with two attached hydrogens (primary N) is 1. The number of fused-ring (bicyclic) bond motifs is 1. The van der Waals surface area contributed by atoms with E-state index in [4.69, 9.17) is 5.73 Å². The van der Waals surface area contributed by atoms with Crippen molar-refractivity contribution in [3.05, 3.63) is 18.3 Å². The summed E-state index contributed by atoms with van der Waals surface area (Å²) in [5, 5.41) is 8.21. The van der Waals surface area contributed by atoms with Crippen LogP contribution in [0.5, 0.6) is 0 Å². The Kier molecular flexibility index (Phi) is 3.53. The van der Waals surface area contributed by atoms with Crippen molar-refractivity contribution >= 4 is 22.3 Å². The van der Waals surface area contributed by atoms with E-state index in [0.717, 1.165) is 48.3 Å². The zero-order valence-corrected chi connectivity index (χ0v) is 12.3. The predicted octanol–water partition coefficient (Wildman–Crippen LogP) is 2.07. The molecule has 1 atom stereocenters. The molecule has 108 valence electrons. The molecule has 5 heteroatoms. The summed E-state index contributed by atoms with van der Waals surface area (Å²) in [6.45, 7) is 5.56. The Morgan fingerprint density at radius 2 is 2.25 bits per heavy atom. The van der Waals surface area contributed by atoms with E-state index in [1.807, 2.05) is 12.3 Å². The Balaban J connectivity index is 2.00. The summed E-state index contributed by atoms with van der Waals surface area (Å²) in [5.74, 6) is 0. The van der Waals surface area contributed by atoms with Crippen LogP contribution >= 0.6 is 0 Å². The number of anilines is 2. The van der Waals surface area contributed by atoms with Gasteiger partial charge in [-0.1, -0.05) is 6.92 Å². The summed E-state index contributed by atoms with van der Waals surface area (Å²) in [4.78, 5) is 4.89. The second-order valence-electron chi connectivity index (χ2n) is 5.74. The topological polar surface area (TPSA) is 61.2 Å². The van der Waals surface area contributed by atoms with Gasteiger partial charge in [-0.25, -0.2) is 0 Å². The van der Waals surface area contributed by atoms with E-state index >= 15 is 0 Å². The Labute approximate surface area is 119 Å². The van der Waals surface area contributed by atoms with E-state index in [0.29, 0.717) is 6.04 Å². The average Bonchev–Trinajstić information content (AvgIpc) is 2.79. The molecule has 0 aliphatic carbocycles. The third-order valence-corrected chi connectivity index (χ3v) is 4.27. The van der Waals surface area contributed by atoms with Gasteiger partial charge in [0.05, 0.1) is 23.1 Å². The fourth-order valence-corrected chi connectivity index (χ4v) is 3.16. The monoisotopic (exact) mass is 273 g/mol. The SMILES string of the molecule is CCC1CN(C)CCCN1c1cc2[nH]ncc2cc1N. The van der Waals surface area contributed by atoms with Crippen molar-refractivity contribution in [3.8, 4) is 0 Å². The van der Waals surface area contributed by atoms with E-state index in [2.05, 4.69) is 40.0 Å². The van der Waals surface area contributed by atoms with Crippen molar-refractivity contribution in [2.24, 2.45) is 0 Å². The summed E-state index contributed by atoms with van der Waals surface area (Å²) in [6.07, 6.45) is 4.13. The molecule has 1 unspecified atom stereocenters. The number of likely N-dealkylation sites (N-methyl/N-ethyl adjacent to an activating group) is 1. The van der Waals surface area contributed by atoms with Gasteiger partial charge in [0.1, 0.15) is 0 Å². The predicted molar refractivity (Wildman–Crippen MR) is 84.0 cm³/mol. The van der Waals surface area contributed by atoms with Crippen LogP contribution in [0.15, 0.2) is 18.3 Å². The second-order valence-corrected chi connectivity index (χ2v) is 5.74. The van der Waals surface area contributed by atoms with E-state index in [-0.39, 0.29) is 0 Å². The summed E-state index contributed by atoms with van der Waals surface area (Å²) in [7, 11) is 2.20. The quantitative estimate of drug-likeness (QED) is 0.822. The van der Waals surface area contributed by atoms with Gasteiger partial charge in [-0.05, 0) is 38.6 Å². The third-order valence-electron chi connectivity index (χ3n) is 4.27. The molecular formula is C15H23N5. The third kappa shape index (κ3) is 2.33. The van der Waals surface area contributed by atoms with Crippen LogP contribution in [0.3, 0.4) is 0 Å². The lowest BCUT2D eigenvalue weighted by atomic mass is 10.1. The van der Waals surface area contributed by atoms with Crippen LogP contribution in [-0.4, -0.2) is 47.8 Å². The summed E-state index contributed by atoms with van der Waals surface area (Å²) in [6, 6.07) is 4.69. The molecule has 1 aromatic heterocycles. The zero-order valence-electron chi connectivity index (χ0n) is 12.3. The van der Waals surface area contributed by atoms with Crippen molar-refractivity contribution in [2.45, 2.75) is 25.8 Å². The number of aromatic nitrogens is 2. The van der Waals surface area contributed by atoms with Gasteiger partial charge in [-0.3, -0.25) is 5.10 Å². The average molecular weight is 273 g/mol.